The molecule has 0 aliphatic rings. The molecule has 0 saturated heterocycles. The molecule has 0 saturated carbocycles. The van der Waals surface area contributed by atoms with Crippen molar-refractivity contribution in [3.63, 3.8) is 0 Å². The number of carbonyl (C=O) groups excluding carboxylic acids is 2. The number of rotatable bonds is 5. The van der Waals surface area contributed by atoms with Crippen LogP contribution in [0.4, 0.5) is 8.78 Å². The summed E-state index contributed by atoms with van der Waals surface area (Å²) >= 11 is 0. The molecule has 0 atom stereocenters. The van der Waals surface area contributed by atoms with E-state index in [0.29, 0.717) is 11.1 Å². The second-order valence-electron chi connectivity index (χ2n) is 4.45. The first-order chi connectivity index (χ1) is 9.54. The Morgan fingerprint density at radius 2 is 1.30 bits per heavy atom. The van der Waals surface area contributed by atoms with Gasteiger partial charge in [-0.15, -0.1) is 0 Å². The molecule has 2 aromatic rings. The predicted molar refractivity (Wildman–Crippen MR) is 70.5 cm³/mol. The Kier molecular flexibility index (Phi) is 4.35. The van der Waals surface area contributed by atoms with Crippen LogP contribution in [0.5, 0.6) is 0 Å². The Bertz CT molecular complexity index is 616. The first-order valence-electron chi connectivity index (χ1n) is 6.09. The quantitative estimate of drug-likeness (QED) is 0.619. The topological polar surface area (TPSA) is 34.1 Å². The number of ketones is 2. The van der Waals surface area contributed by atoms with Crippen LogP contribution in [-0.4, -0.2) is 11.6 Å². The van der Waals surface area contributed by atoms with Gasteiger partial charge in [-0.1, -0.05) is 12.1 Å². The zero-order valence-corrected chi connectivity index (χ0v) is 10.6. The standard InChI is InChI=1S/C16H12F2O2/c17-13-5-1-11(2-6-13)9-15(19)10-16(20)12-3-7-14(18)8-4-12/h1-8H,9-10H2. The van der Waals surface area contributed by atoms with Gasteiger partial charge >= 0.3 is 0 Å². The van der Waals surface area contributed by atoms with Crippen LogP contribution in [0.2, 0.25) is 0 Å². The molecule has 0 heterocycles. The lowest BCUT2D eigenvalue weighted by Crippen LogP contribution is -2.10. The summed E-state index contributed by atoms with van der Waals surface area (Å²) in [7, 11) is 0. The Hall–Kier alpha value is -2.36. The highest BCUT2D eigenvalue weighted by Crippen LogP contribution is 2.09. The van der Waals surface area contributed by atoms with Crippen molar-refractivity contribution in [3.8, 4) is 0 Å². The average molecular weight is 274 g/mol. The second-order valence-corrected chi connectivity index (χ2v) is 4.45. The van der Waals surface area contributed by atoms with Gasteiger partial charge in [0.15, 0.2) is 5.78 Å². The second kappa shape index (κ2) is 6.19. The normalized spacial score (nSPS) is 10.3. The molecular formula is C16H12F2O2. The third-order valence-electron chi connectivity index (χ3n) is 2.84. The SMILES string of the molecule is O=C(CC(=O)c1ccc(F)cc1)Cc1ccc(F)cc1. The van der Waals surface area contributed by atoms with Crippen LogP contribution < -0.4 is 0 Å². The van der Waals surface area contributed by atoms with Gasteiger partial charge in [-0.2, -0.15) is 0 Å². The van der Waals surface area contributed by atoms with Crippen molar-refractivity contribution in [1.29, 1.82) is 0 Å². The Morgan fingerprint density at radius 3 is 1.85 bits per heavy atom. The van der Waals surface area contributed by atoms with Crippen LogP contribution in [0.25, 0.3) is 0 Å². The van der Waals surface area contributed by atoms with E-state index in [0.717, 1.165) is 0 Å². The molecule has 20 heavy (non-hydrogen) atoms. The third kappa shape index (κ3) is 3.82. The zero-order valence-electron chi connectivity index (χ0n) is 10.6. The Morgan fingerprint density at radius 1 is 0.800 bits per heavy atom. The lowest BCUT2D eigenvalue weighted by atomic mass is 10.0. The van der Waals surface area contributed by atoms with Crippen molar-refractivity contribution in [2.24, 2.45) is 0 Å². The molecule has 0 N–H and O–H groups in total. The highest BCUT2D eigenvalue weighted by atomic mass is 19.1. The van der Waals surface area contributed by atoms with E-state index >= 15 is 0 Å². The van der Waals surface area contributed by atoms with Crippen LogP contribution in [0.1, 0.15) is 22.3 Å². The molecule has 102 valence electrons. The maximum Gasteiger partial charge on any atom is 0.170 e. The number of benzene rings is 2. The van der Waals surface area contributed by atoms with Crippen molar-refractivity contribution in [1.82, 2.24) is 0 Å². The molecule has 0 aromatic heterocycles. The lowest BCUT2D eigenvalue weighted by Gasteiger charge is -2.02. The number of hydrogen-bond acceptors (Lipinski definition) is 2. The van der Waals surface area contributed by atoms with Gasteiger partial charge in [0.05, 0.1) is 6.42 Å². The van der Waals surface area contributed by atoms with Crippen molar-refractivity contribution in [2.45, 2.75) is 12.8 Å². The number of Topliss-reactive ketones (excluding diaryl/α,β-unsaturated/α-hetero) is 2. The van der Waals surface area contributed by atoms with E-state index in [9.17, 15) is 18.4 Å². The molecule has 2 rings (SSSR count). The third-order valence-corrected chi connectivity index (χ3v) is 2.84. The summed E-state index contributed by atoms with van der Waals surface area (Å²) in [4.78, 5) is 23.6. The van der Waals surface area contributed by atoms with Crippen LogP contribution >= 0.6 is 0 Å². The van der Waals surface area contributed by atoms with Gasteiger partial charge in [0.2, 0.25) is 0 Å². The van der Waals surface area contributed by atoms with Gasteiger partial charge in [0, 0.05) is 12.0 Å². The largest absolute Gasteiger partial charge is 0.299 e. The molecule has 0 bridgehead atoms. The van der Waals surface area contributed by atoms with Crippen molar-refractivity contribution >= 4 is 11.6 Å². The minimum Gasteiger partial charge on any atom is -0.299 e. The summed E-state index contributed by atoms with van der Waals surface area (Å²) < 4.78 is 25.4. The molecule has 0 aliphatic carbocycles. The summed E-state index contributed by atoms with van der Waals surface area (Å²) in [6.07, 6.45) is -0.170. The molecule has 0 radical (unpaired) electrons. The van der Waals surface area contributed by atoms with E-state index in [-0.39, 0.29) is 30.2 Å². The van der Waals surface area contributed by atoms with E-state index in [1.165, 1.54) is 48.5 Å². The van der Waals surface area contributed by atoms with Gasteiger partial charge < -0.3 is 0 Å². The Labute approximate surface area is 115 Å². The molecule has 0 fully saturated rings. The summed E-state index contributed by atoms with van der Waals surface area (Å²) in [6, 6.07) is 10.6. The number of carbonyl (C=O) groups is 2. The van der Waals surface area contributed by atoms with Gasteiger partial charge in [0.25, 0.3) is 0 Å². The molecule has 0 unspecified atom stereocenters. The molecular weight excluding hydrogens is 262 g/mol. The maximum atomic E-state index is 12.7. The summed E-state index contributed by atoms with van der Waals surface area (Å²) in [6.45, 7) is 0. The fourth-order valence-electron chi connectivity index (χ4n) is 1.81. The van der Waals surface area contributed by atoms with Gasteiger partial charge in [-0.3, -0.25) is 9.59 Å². The minimum absolute atomic E-state index is 0.0766. The first kappa shape index (κ1) is 14.1. The van der Waals surface area contributed by atoms with E-state index < -0.39 is 5.82 Å². The number of hydrogen-bond donors (Lipinski definition) is 0. The summed E-state index contributed by atoms with van der Waals surface area (Å²) in [5, 5.41) is 0. The van der Waals surface area contributed by atoms with Crippen LogP contribution in [0.3, 0.4) is 0 Å². The van der Waals surface area contributed by atoms with Gasteiger partial charge in [-0.25, -0.2) is 8.78 Å². The van der Waals surface area contributed by atoms with Crippen molar-refractivity contribution in [2.75, 3.05) is 0 Å². The Balaban J connectivity index is 1.95. The van der Waals surface area contributed by atoms with Crippen molar-refractivity contribution in [3.05, 3.63) is 71.3 Å². The predicted octanol–water partition coefficient (Wildman–Crippen LogP) is 3.35. The van der Waals surface area contributed by atoms with Crippen LogP contribution in [0.15, 0.2) is 48.5 Å². The fourth-order valence-corrected chi connectivity index (χ4v) is 1.81. The molecule has 4 heteroatoms. The lowest BCUT2D eigenvalue weighted by molar-refractivity contribution is -0.117. The maximum absolute atomic E-state index is 12.7. The molecule has 0 spiro atoms. The highest BCUT2D eigenvalue weighted by Gasteiger charge is 2.12. The van der Waals surface area contributed by atoms with E-state index in [1.54, 1.807) is 0 Å². The first-order valence-corrected chi connectivity index (χ1v) is 6.09. The fraction of sp³-hybridized carbons (Fsp3) is 0.125. The summed E-state index contributed by atoms with van der Waals surface area (Å²) in [5.41, 5.74) is 0.960. The van der Waals surface area contributed by atoms with Crippen molar-refractivity contribution < 1.29 is 18.4 Å². The van der Waals surface area contributed by atoms with Gasteiger partial charge in [0.1, 0.15) is 17.4 Å². The van der Waals surface area contributed by atoms with E-state index in [1.807, 2.05) is 0 Å². The minimum atomic E-state index is -0.431. The molecule has 2 aromatic carbocycles. The van der Waals surface area contributed by atoms with Gasteiger partial charge in [-0.05, 0) is 42.0 Å². The van der Waals surface area contributed by atoms with E-state index in [4.69, 9.17) is 0 Å². The smallest absolute Gasteiger partial charge is 0.170 e. The summed E-state index contributed by atoms with van der Waals surface area (Å²) in [5.74, 6) is -1.41. The van der Waals surface area contributed by atoms with Crippen LogP contribution in [-0.2, 0) is 11.2 Å². The molecule has 0 amide bonds. The zero-order chi connectivity index (χ0) is 14.5. The molecule has 0 aliphatic heterocycles. The highest BCUT2D eigenvalue weighted by molar-refractivity contribution is 6.08. The number of halogens is 2. The monoisotopic (exact) mass is 274 g/mol. The van der Waals surface area contributed by atoms with E-state index in [2.05, 4.69) is 0 Å². The molecule has 2 nitrogen and oxygen atoms in total. The average Bonchev–Trinajstić information content (AvgIpc) is 2.42. The van der Waals surface area contributed by atoms with Crippen LogP contribution in [0, 0.1) is 11.6 Å².